The molecule has 0 atom stereocenters. The number of hydrogen-bond donors (Lipinski definition) is 2. The molecule has 0 heterocycles. The second-order valence-electron chi connectivity index (χ2n) is 8.96. The van der Waals surface area contributed by atoms with Crippen molar-refractivity contribution in [2.75, 3.05) is 11.5 Å². The van der Waals surface area contributed by atoms with Crippen LogP contribution in [-0.4, -0.2) is 0 Å². The van der Waals surface area contributed by atoms with Gasteiger partial charge in [-0.25, -0.2) is 3.63 Å². The first-order valence-corrected chi connectivity index (χ1v) is 14.4. The largest absolute Gasteiger partial charge is 0.398 e. The molecular formula is C28H44N2OS2. The smallest absolute Gasteiger partial charge is 0.0448 e. The molecule has 0 aliphatic carbocycles. The summed E-state index contributed by atoms with van der Waals surface area (Å²) >= 11 is 2.89. The number of rotatable bonds is 16. The molecule has 33 heavy (non-hydrogen) atoms. The summed E-state index contributed by atoms with van der Waals surface area (Å²) < 4.78 is 6.08. The lowest BCUT2D eigenvalue weighted by molar-refractivity contribution is 0.750. The van der Waals surface area contributed by atoms with Crippen molar-refractivity contribution in [1.82, 2.24) is 0 Å². The predicted molar refractivity (Wildman–Crippen MR) is 149 cm³/mol. The van der Waals surface area contributed by atoms with Gasteiger partial charge in [0.15, 0.2) is 0 Å². The van der Waals surface area contributed by atoms with Crippen LogP contribution in [0.4, 0.5) is 11.4 Å². The van der Waals surface area contributed by atoms with E-state index >= 15 is 0 Å². The standard InChI is InChI=1S/C28H44N2OS2/c1-5-9-13-21-17-25(18-22(27(21)29)14-10-6-2)32-31-33-26-19-23(15-11-7-3)28(30)24(20-26)16-12-8-4/h17-20H,5-16,29-30H2,1-4H3. The molecule has 0 saturated heterocycles. The normalized spacial score (nSPS) is 11.3. The molecule has 0 amide bonds. The van der Waals surface area contributed by atoms with Crippen LogP contribution in [0.25, 0.3) is 0 Å². The molecule has 0 aliphatic rings. The first-order valence-electron chi connectivity index (χ1n) is 12.9. The van der Waals surface area contributed by atoms with Gasteiger partial charge in [-0.05, 0) is 97.9 Å². The van der Waals surface area contributed by atoms with Gasteiger partial charge in [-0.3, -0.25) is 0 Å². The minimum atomic E-state index is 0.980. The molecule has 184 valence electrons. The van der Waals surface area contributed by atoms with Crippen LogP contribution in [0.1, 0.15) is 101 Å². The second-order valence-corrected chi connectivity index (χ2v) is 10.8. The minimum Gasteiger partial charge on any atom is -0.398 e. The Labute approximate surface area is 211 Å². The Morgan fingerprint density at radius 3 is 1.06 bits per heavy atom. The fourth-order valence-corrected chi connectivity index (χ4v) is 5.51. The van der Waals surface area contributed by atoms with Crippen molar-refractivity contribution < 1.29 is 3.63 Å². The summed E-state index contributed by atoms with van der Waals surface area (Å²) in [6.07, 6.45) is 13.5. The number of aryl methyl sites for hydroxylation is 4. The van der Waals surface area contributed by atoms with Crippen molar-refractivity contribution >= 4 is 35.5 Å². The van der Waals surface area contributed by atoms with E-state index < -0.39 is 0 Å². The van der Waals surface area contributed by atoms with Gasteiger partial charge in [0.25, 0.3) is 0 Å². The van der Waals surface area contributed by atoms with Gasteiger partial charge in [0.2, 0.25) is 0 Å². The Kier molecular flexibility index (Phi) is 13.2. The van der Waals surface area contributed by atoms with Gasteiger partial charge in [-0.1, -0.05) is 53.4 Å². The molecule has 3 nitrogen and oxygen atoms in total. The molecule has 2 rings (SSSR count). The zero-order valence-electron chi connectivity index (χ0n) is 21.2. The highest BCUT2D eigenvalue weighted by molar-refractivity contribution is 8.07. The fraction of sp³-hybridized carbons (Fsp3) is 0.571. The maximum absolute atomic E-state index is 6.51. The number of nitrogens with two attached hydrogens (primary N) is 2. The lowest BCUT2D eigenvalue weighted by Crippen LogP contribution is -2.02. The highest BCUT2D eigenvalue weighted by Crippen LogP contribution is 2.36. The Morgan fingerprint density at radius 1 is 0.545 bits per heavy atom. The number of unbranched alkanes of at least 4 members (excludes halogenated alkanes) is 4. The molecule has 0 aliphatic heterocycles. The zero-order valence-corrected chi connectivity index (χ0v) is 22.8. The Balaban J connectivity index is 2.15. The molecule has 4 N–H and O–H groups in total. The van der Waals surface area contributed by atoms with Crippen LogP contribution < -0.4 is 11.5 Å². The number of hydrogen-bond acceptors (Lipinski definition) is 5. The zero-order chi connectivity index (χ0) is 24.1. The van der Waals surface area contributed by atoms with Crippen molar-refractivity contribution in [3.8, 4) is 0 Å². The van der Waals surface area contributed by atoms with E-state index in [9.17, 15) is 0 Å². The van der Waals surface area contributed by atoms with Crippen LogP contribution in [0, 0.1) is 0 Å². The van der Waals surface area contributed by atoms with E-state index in [4.69, 9.17) is 15.1 Å². The lowest BCUT2D eigenvalue weighted by atomic mass is 9.99. The Bertz CT molecular complexity index is 726. The van der Waals surface area contributed by atoms with Gasteiger partial charge in [-0.2, -0.15) is 0 Å². The summed E-state index contributed by atoms with van der Waals surface area (Å²) in [4.78, 5) is 2.28. The highest BCUT2D eigenvalue weighted by Gasteiger charge is 2.12. The van der Waals surface area contributed by atoms with Crippen molar-refractivity contribution in [3.05, 3.63) is 46.5 Å². The maximum Gasteiger partial charge on any atom is 0.0448 e. The van der Waals surface area contributed by atoms with Crippen molar-refractivity contribution in [3.63, 3.8) is 0 Å². The predicted octanol–water partition coefficient (Wildman–Crippen LogP) is 8.95. The average molecular weight is 489 g/mol. The van der Waals surface area contributed by atoms with E-state index in [0.717, 1.165) is 72.5 Å². The molecular weight excluding hydrogens is 444 g/mol. The summed E-state index contributed by atoms with van der Waals surface area (Å²) in [5, 5.41) is 0. The topological polar surface area (TPSA) is 61.3 Å². The molecule has 0 aromatic heterocycles. The monoisotopic (exact) mass is 488 g/mol. The third kappa shape index (κ3) is 9.11. The second kappa shape index (κ2) is 15.6. The first-order chi connectivity index (χ1) is 16.0. The molecule has 0 bridgehead atoms. The van der Waals surface area contributed by atoms with Crippen molar-refractivity contribution in [2.24, 2.45) is 0 Å². The fourth-order valence-electron chi connectivity index (χ4n) is 3.98. The Hall–Kier alpha value is -1.30. The van der Waals surface area contributed by atoms with E-state index in [1.54, 1.807) is 0 Å². The maximum atomic E-state index is 6.51. The van der Waals surface area contributed by atoms with Gasteiger partial charge in [0.1, 0.15) is 0 Å². The Morgan fingerprint density at radius 2 is 0.818 bits per heavy atom. The van der Waals surface area contributed by atoms with Crippen molar-refractivity contribution in [1.29, 1.82) is 0 Å². The molecule has 0 unspecified atom stereocenters. The minimum absolute atomic E-state index is 0.980. The third-order valence-electron chi connectivity index (χ3n) is 6.11. The molecule has 0 radical (unpaired) electrons. The van der Waals surface area contributed by atoms with E-state index in [2.05, 4.69) is 52.0 Å². The van der Waals surface area contributed by atoms with Crippen LogP contribution in [0.15, 0.2) is 34.1 Å². The van der Waals surface area contributed by atoms with Crippen LogP contribution in [0.5, 0.6) is 0 Å². The summed E-state index contributed by atoms with van der Waals surface area (Å²) in [7, 11) is 0. The van der Waals surface area contributed by atoms with Gasteiger partial charge in [0.05, 0.1) is 0 Å². The quantitative estimate of drug-likeness (QED) is 0.182. The first kappa shape index (κ1) is 27.9. The molecule has 0 saturated carbocycles. The average Bonchev–Trinajstić information content (AvgIpc) is 2.82. The molecule has 0 spiro atoms. The summed E-state index contributed by atoms with van der Waals surface area (Å²) in [6.45, 7) is 8.90. The summed E-state index contributed by atoms with van der Waals surface area (Å²) in [5.41, 5.74) is 20.0. The lowest BCUT2D eigenvalue weighted by Gasteiger charge is -2.15. The highest BCUT2D eigenvalue weighted by atomic mass is 32.2. The van der Waals surface area contributed by atoms with Crippen LogP contribution >= 0.6 is 24.1 Å². The molecule has 2 aromatic carbocycles. The third-order valence-corrected chi connectivity index (χ3v) is 7.51. The van der Waals surface area contributed by atoms with E-state index in [1.807, 2.05) is 0 Å². The number of nitrogen functional groups attached to an aromatic ring is 2. The van der Waals surface area contributed by atoms with E-state index in [0.29, 0.717) is 0 Å². The van der Waals surface area contributed by atoms with Gasteiger partial charge in [-0.15, -0.1) is 0 Å². The van der Waals surface area contributed by atoms with Crippen LogP contribution in [-0.2, 0) is 29.3 Å². The van der Waals surface area contributed by atoms with Crippen LogP contribution in [0.2, 0.25) is 0 Å². The van der Waals surface area contributed by atoms with E-state index in [1.165, 1.54) is 72.0 Å². The summed E-state index contributed by atoms with van der Waals surface area (Å²) in [6, 6.07) is 8.87. The number of anilines is 2. The molecule has 5 heteroatoms. The number of benzene rings is 2. The van der Waals surface area contributed by atoms with Gasteiger partial charge < -0.3 is 11.5 Å². The van der Waals surface area contributed by atoms with Gasteiger partial charge in [0, 0.05) is 45.3 Å². The van der Waals surface area contributed by atoms with E-state index in [-0.39, 0.29) is 0 Å². The van der Waals surface area contributed by atoms with Crippen molar-refractivity contribution in [2.45, 2.75) is 115 Å². The van der Waals surface area contributed by atoms with Gasteiger partial charge >= 0.3 is 0 Å². The molecule has 2 aromatic rings. The molecule has 0 fully saturated rings. The summed E-state index contributed by atoms with van der Waals surface area (Å²) in [5.74, 6) is 0. The SMILES string of the molecule is CCCCc1cc(SOSc2cc(CCCC)c(N)c(CCCC)c2)cc(CCCC)c1N. The van der Waals surface area contributed by atoms with Crippen LogP contribution in [0.3, 0.4) is 0 Å².